The van der Waals surface area contributed by atoms with Gasteiger partial charge in [-0.15, -0.1) is 0 Å². The Balaban J connectivity index is 2.20. The fourth-order valence-electron chi connectivity index (χ4n) is 2.25. The first kappa shape index (κ1) is 5.45. The number of carbonyl (C=O) groups is 1. The van der Waals surface area contributed by atoms with Crippen molar-refractivity contribution in [3.63, 3.8) is 0 Å². The van der Waals surface area contributed by atoms with Crippen molar-refractivity contribution in [3.05, 3.63) is 0 Å². The molecule has 1 atom stereocenters. The van der Waals surface area contributed by atoms with Gasteiger partial charge in [-0.05, 0) is 12.8 Å². The molecule has 2 saturated carbocycles. The molecule has 0 aromatic heterocycles. The normalized spacial score (nSPS) is 37.9. The zero-order valence-electron chi connectivity index (χ0n) is 5.81. The maximum absolute atomic E-state index is 11.0. The summed E-state index contributed by atoms with van der Waals surface area (Å²) < 4.78 is 0. The summed E-state index contributed by atoms with van der Waals surface area (Å²) in [5.41, 5.74) is 0.222. The monoisotopic (exact) mass is 124 g/mol. The number of rotatable bonds is 0. The van der Waals surface area contributed by atoms with Crippen LogP contribution in [0.15, 0.2) is 0 Å². The number of ketones is 1. The molecule has 0 saturated heterocycles. The van der Waals surface area contributed by atoms with E-state index in [0.29, 0.717) is 11.7 Å². The number of hydrogen-bond acceptors (Lipinski definition) is 1. The van der Waals surface area contributed by atoms with Crippen molar-refractivity contribution in [2.75, 3.05) is 0 Å². The fourth-order valence-corrected chi connectivity index (χ4v) is 2.25. The van der Waals surface area contributed by atoms with E-state index >= 15 is 0 Å². The highest BCUT2D eigenvalue weighted by atomic mass is 16.1. The van der Waals surface area contributed by atoms with Crippen molar-refractivity contribution in [1.82, 2.24) is 0 Å². The van der Waals surface area contributed by atoms with E-state index < -0.39 is 0 Å². The molecule has 0 aromatic carbocycles. The number of hydrogen-bond donors (Lipinski definition) is 0. The van der Waals surface area contributed by atoms with Crippen molar-refractivity contribution < 1.29 is 4.79 Å². The van der Waals surface area contributed by atoms with E-state index in [9.17, 15) is 4.79 Å². The summed E-state index contributed by atoms with van der Waals surface area (Å²) in [5.74, 6) is 0.958. The summed E-state index contributed by atoms with van der Waals surface area (Å²) in [6.45, 7) is 2.08. The van der Waals surface area contributed by atoms with Gasteiger partial charge in [-0.25, -0.2) is 0 Å². The molecule has 0 heterocycles. The Hall–Kier alpha value is -0.330. The molecule has 0 aromatic rings. The lowest BCUT2D eigenvalue weighted by molar-refractivity contribution is -0.113. The zero-order valence-corrected chi connectivity index (χ0v) is 5.81. The topological polar surface area (TPSA) is 17.1 Å². The standard InChI is InChI=1S/C8H12O/c1-6-7(9)8(6)4-2-3-5-8/h6H,2-5H2,1H3. The van der Waals surface area contributed by atoms with Crippen LogP contribution in [0, 0.1) is 11.3 Å². The van der Waals surface area contributed by atoms with E-state index in [-0.39, 0.29) is 5.41 Å². The summed E-state index contributed by atoms with van der Waals surface area (Å²) in [7, 11) is 0. The van der Waals surface area contributed by atoms with Gasteiger partial charge in [-0.1, -0.05) is 19.8 Å². The highest BCUT2D eigenvalue weighted by molar-refractivity contribution is 6.03. The van der Waals surface area contributed by atoms with Crippen LogP contribution in [-0.2, 0) is 4.79 Å². The molecule has 0 N–H and O–H groups in total. The minimum atomic E-state index is 0.222. The Bertz CT molecular complexity index is 154. The third-order valence-electron chi connectivity index (χ3n) is 3.13. The van der Waals surface area contributed by atoms with Crippen molar-refractivity contribution >= 4 is 5.78 Å². The first-order chi connectivity index (χ1) is 4.27. The van der Waals surface area contributed by atoms with Crippen molar-refractivity contribution in [1.29, 1.82) is 0 Å². The van der Waals surface area contributed by atoms with Gasteiger partial charge in [0.2, 0.25) is 0 Å². The maximum atomic E-state index is 11.0. The molecule has 1 unspecified atom stereocenters. The van der Waals surface area contributed by atoms with Gasteiger partial charge in [-0.2, -0.15) is 0 Å². The van der Waals surface area contributed by atoms with Crippen LogP contribution < -0.4 is 0 Å². The molecule has 2 aliphatic carbocycles. The van der Waals surface area contributed by atoms with E-state index in [4.69, 9.17) is 0 Å². The third-order valence-corrected chi connectivity index (χ3v) is 3.13. The second-order valence-corrected chi connectivity index (χ2v) is 3.45. The van der Waals surface area contributed by atoms with E-state index in [0.717, 1.165) is 0 Å². The molecule has 50 valence electrons. The van der Waals surface area contributed by atoms with Crippen LogP contribution in [0.5, 0.6) is 0 Å². The molecule has 2 aliphatic rings. The highest BCUT2D eigenvalue weighted by Crippen LogP contribution is 2.58. The van der Waals surface area contributed by atoms with Crippen LogP contribution in [0.2, 0.25) is 0 Å². The molecule has 1 heteroatoms. The average Bonchev–Trinajstić information content (AvgIpc) is 2.44. The minimum Gasteiger partial charge on any atom is -0.299 e. The second kappa shape index (κ2) is 1.39. The van der Waals surface area contributed by atoms with Crippen LogP contribution in [0.25, 0.3) is 0 Å². The minimum absolute atomic E-state index is 0.222. The second-order valence-electron chi connectivity index (χ2n) is 3.45. The van der Waals surface area contributed by atoms with Crippen molar-refractivity contribution in [3.8, 4) is 0 Å². The van der Waals surface area contributed by atoms with Crippen LogP contribution in [0.1, 0.15) is 32.6 Å². The molecular weight excluding hydrogens is 112 g/mol. The Morgan fingerprint density at radius 1 is 1.44 bits per heavy atom. The van der Waals surface area contributed by atoms with Crippen molar-refractivity contribution in [2.24, 2.45) is 11.3 Å². The first-order valence-corrected chi connectivity index (χ1v) is 3.82. The molecule has 9 heavy (non-hydrogen) atoms. The molecule has 2 rings (SSSR count). The van der Waals surface area contributed by atoms with E-state index in [2.05, 4.69) is 6.92 Å². The van der Waals surface area contributed by atoms with Gasteiger partial charge in [0.25, 0.3) is 0 Å². The Morgan fingerprint density at radius 3 is 2.11 bits per heavy atom. The van der Waals surface area contributed by atoms with Gasteiger partial charge >= 0.3 is 0 Å². The molecule has 0 bridgehead atoms. The summed E-state index contributed by atoms with van der Waals surface area (Å²) in [6.07, 6.45) is 4.95. The van der Waals surface area contributed by atoms with E-state index in [1.807, 2.05) is 0 Å². The average molecular weight is 124 g/mol. The third kappa shape index (κ3) is 0.480. The zero-order chi connectivity index (χ0) is 6.48. The van der Waals surface area contributed by atoms with Gasteiger partial charge in [0.15, 0.2) is 0 Å². The lowest BCUT2D eigenvalue weighted by Gasteiger charge is -1.98. The molecular formula is C8H12O. The van der Waals surface area contributed by atoms with Crippen LogP contribution in [-0.4, -0.2) is 5.78 Å². The maximum Gasteiger partial charge on any atom is 0.143 e. The Labute approximate surface area is 55.4 Å². The van der Waals surface area contributed by atoms with Crippen LogP contribution >= 0.6 is 0 Å². The summed E-state index contributed by atoms with van der Waals surface area (Å²) >= 11 is 0. The van der Waals surface area contributed by atoms with Gasteiger partial charge in [-0.3, -0.25) is 4.79 Å². The van der Waals surface area contributed by atoms with Crippen LogP contribution in [0.3, 0.4) is 0 Å². The number of Topliss-reactive ketones (excluding diaryl/α,β-unsaturated/α-hetero) is 1. The summed E-state index contributed by atoms with van der Waals surface area (Å²) in [6, 6.07) is 0. The molecule has 2 fully saturated rings. The predicted molar refractivity (Wildman–Crippen MR) is 35.1 cm³/mol. The molecule has 1 nitrogen and oxygen atoms in total. The Kier molecular flexibility index (Phi) is 0.842. The van der Waals surface area contributed by atoms with E-state index in [1.165, 1.54) is 25.7 Å². The van der Waals surface area contributed by atoms with Crippen LogP contribution in [0.4, 0.5) is 0 Å². The predicted octanol–water partition coefficient (Wildman–Crippen LogP) is 1.77. The van der Waals surface area contributed by atoms with Gasteiger partial charge in [0, 0.05) is 11.3 Å². The summed E-state index contributed by atoms with van der Waals surface area (Å²) in [5, 5.41) is 0. The lowest BCUT2D eigenvalue weighted by atomic mass is 10.0. The molecule has 0 amide bonds. The summed E-state index contributed by atoms with van der Waals surface area (Å²) in [4.78, 5) is 11.0. The van der Waals surface area contributed by atoms with Gasteiger partial charge in [0.1, 0.15) is 5.78 Å². The Morgan fingerprint density at radius 2 is 1.89 bits per heavy atom. The van der Waals surface area contributed by atoms with Gasteiger partial charge < -0.3 is 0 Å². The van der Waals surface area contributed by atoms with Crippen molar-refractivity contribution in [2.45, 2.75) is 32.6 Å². The molecule has 0 aliphatic heterocycles. The SMILES string of the molecule is CC1C(=O)C12CCCC2. The smallest absolute Gasteiger partial charge is 0.143 e. The highest BCUT2D eigenvalue weighted by Gasteiger charge is 2.62. The lowest BCUT2D eigenvalue weighted by Crippen LogP contribution is -1.95. The number of carbonyl (C=O) groups excluding carboxylic acids is 1. The first-order valence-electron chi connectivity index (χ1n) is 3.82. The molecule has 0 radical (unpaired) electrons. The quantitative estimate of drug-likeness (QED) is 0.481. The molecule has 1 spiro atoms. The fraction of sp³-hybridized carbons (Fsp3) is 0.875. The largest absolute Gasteiger partial charge is 0.299 e. The van der Waals surface area contributed by atoms with Gasteiger partial charge in [0.05, 0.1) is 0 Å². The van der Waals surface area contributed by atoms with E-state index in [1.54, 1.807) is 0 Å².